The molecule has 0 fully saturated rings. The SMILES string of the molecule is CCC(=O)Oc1c(C(C)(C)C)cc(/C=[N+](/[O-])C(C)(C)C)cc1C(C)(C)C. The van der Waals surface area contributed by atoms with Crippen molar-refractivity contribution in [2.24, 2.45) is 0 Å². The van der Waals surface area contributed by atoms with E-state index in [1.165, 1.54) is 0 Å². The van der Waals surface area contributed by atoms with Crippen LogP contribution in [-0.2, 0) is 15.6 Å². The molecule has 0 atom stereocenters. The molecule has 0 heterocycles. The molecule has 0 saturated carbocycles. The van der Waals surface area contributed by atoms with E-state index in [-0.39, 0.29) is 16.8 Å². The van der Waals surface area contributed by atoms with Crippen LogP contribution in [0.15, 0.2) is 12.1 Å². The standard InChI is InChI=1S/C22H35NO3/c1-11-18(24)26-19-16(20(2,3)4)12-15(13-17(19)21(5,6)7)14-23(25)22(8,9)10/h12-14H,11H2,1-10H3/b23-14+. The minimum atomic E-state index is -0.517. The third-order valence-electron chi connectivity index (χ3n) is 4.16. The van der Waals surface area contributed by atoms with Gasteiger partial charge < -0.3 is 9.94 Å². The predicted molar refractivity (Wildman–Crippen MR) is 108 cm³/mol. The molecule has 0 radical (unpaired) electrons. The zero-order chi connectivity index (χ0) is 20.5. The van der Waals surface area contributed by atoms with E-state index in [2.05, 4.69) is 41.5 Å². The Hall–Kier alpha value is -1.84. The zero-order valence-corrected chi connectivity index (χ0v) is 18.1. The van der Waals surface area contributed by atoms with E-state index in [4.69, 9.17) is 4.74 Å². The second-order valence-electron chi connectivity index (χ2n) is 9.90. The molecule has 1 rings (SSSR count). The Kier molecular flexibility index (Phi) is 6.33. The lowest BCUT2D eigenvalue weighted by atomic mass is 9.78. The summed E-state index contributed by atoms with van der Waals surface area (Å²) < 4.78 is 6.73. The zero-order valence-electron chi connectivity index (χ0n) is 18.1. The number of rotatable bonds is 3. The highest BCUT2D eigenvalue weighted by Gasteiger charge is 2.29. The molecule has 4 heteroatoms. The fraction of sp³-hybridized carbons (Fsp3) is 0.636. The molecule has 0 bridgehead atoms. The van der Waals surface area contributed by atoms with Crippen molar-refractivity contribution in [3.05, 3.63) is 34.0 Å². The molecule has 0 N–H and O–H groups in total. The number of carbonyl (C=O) groups excluding carboxylic acids is 1. The average Bonchev–Trinajstić information content (AvgIpc) is 2.44. The molecule has 0 aliphatic carbocycles. The van der Waals surface area contributed by atoms with Gasteiger partial charge in [-0.15, -0.1) is 0 Å². The number of hydrogen-bond acceptors (Lipinski definition) is 3. The van der Waals surface area contributed by atoms with Crippen molar-refractivity contribution in [2.45, 2.75) is 92.0 Å². The summed E-state index contributed by atoms with van der Waals surface area (Å²) in [6, 6.07) is 3.92. The first-order valence-corrected chi connectivity index (χ1v) is 9.28. The molecule has 0 unspecified atom stereocenters. The fourth-order valence-corrected chi connectivity index (χ4v) is 2.46. The molecule has 4 nitrogen and oxygen atoms in total. The van der Waals surface area contributed by atoms with Crippen molar-refractivity contribution >= 4 is 12.2 Å². The maximum absolute atomic E-state index is 12.4. The van der Waals surface area contributed by atoms with Crippen LogP contribution in [0.4, 0.5) is 0 Å². The lowest BCUT2D eigenvalue weighted by Crippen LogP contribution is -2.29. The van der Waals surface area contributed by atoms with Crippen LogP contribution in [0.5, 0.6) is 5.75 Å². The number of hydroxylamine groups is 1. The average molecular weight is 362 g/mol. The van der Waals surface area contributed by atoms with Crippen molar-refractivity contribution in [1.29, 1.82) is 0 Å². The highest BCUT2D eigenvalue weighted by Crippen LogP contribution is 2.40. The van der Waals surface area contributed by atoms with Crippen LogP contribution >= 0.6 is 0 Å². The van der Waals surface area contributed by atoms with E-state index in [0.717, 1.165) is 21.4 Å². The van der Waals surface area contributed by atoms with Crippen LogP contribution in [-0.4, -0.2) is 22.5 Å². The Balaban J connectivity index is 3.78. The van der Waals surface area contributed by atoms with Crippen molar-refractivity contribution in [1.82, 2.24) is 0 Å². The van der Waals surface area contributed by atoms with Gasteiger partial charge in [0.05, 0.1) is 0 Å². The summed E-state index contributed by atoms with van der Waals surface area (Å²) in [5, 5.41) is 12.4. The summed E-state index contributed by atoms with van der Waals surface area (Å²) in [5.41, 5.74) is 1.70. The number of benzene rings is 1. The molecule has 0 aliphatic rings. The van der Waals surface area contributed by atoms with Crippen LogP contribution in [0, 0.1) is 5.21 Å². The lowest BCUT2D eigenvalue weighted by molar-refractivity contribution is -0.530. The van der Waals surface area contributed by atoms with Crippen LogP contribution in [0.3, 0.4) is 0 Å². The summed E-state index contributed by atoms with van der Waals surface area (Å²) in [6.45, 7) is 19.9. The fourth-order valence-electron chi connectivity index (χ4n) is 2.46. The number of ether oxygens (including phenoxy) is 1. The highest BCUT2D eigenvalue weighted by molar-refractivity contribution is 5.80. The summed E-state index contributed by atoms with van der Waals surface area (Å²) in [6.07, 6.45) is 1.94. The molecule has 0 aliphatic heterocycles. The summed E-state index contributed by atoms with van der Waals surface area (Å²) in [7, 11) is 0. The van der Waals surface area contributed by atoms with Gasteiger partial charge in [-0.2, -0.15) is 0 Å². The topological polar surface area (TPSA) is 52.4 Å². The minimum Gasteiger partial charge on any atom is -0.623 e. The molecule has 1 aromatic rings. The Morgan fingerprint density at radius 3 is 1.73 bits per heavy atom. The van der Waals surface area contributed by atoms with Gasteiger partial charge in [-0.05, 0) is 23.0 Å². The van der Waals surface area contributed by atoms with Gasteiger partial charge in [0.25, 0.3) is 0 Å². The minimum absolute atomic E-state index is 0.233. The van der Waals surface area contributed by atoms with Gasteiger partial charge in [-0.3, -0.25) is 4.79 Å². The molecule has 0 amide bonds. The molecule has 0 saturated heterocycles. The first kappa shape index (κ1) is 22.2. The van der Waals surface area contributed by atoms with Gasteiger partial charge in [0.1, 0.15) is 5.75 Å². The molecule has 146 valence electrons. The molecule has 0 spiro atoms. The number of hydrogen-bond donors (Lipinski definition) is 0. The van der Waals surface area contributed by atoms with Crippen molar-refractivity contribution < 1.29 is 14.3 Å². The first-order chi connectivity index (χ1) is 11.6. The monoisotopic (exact) mass is 361 g/mol. The van der Waals surface area contributed by atoms with Crippen LogP contribution < -0.4 is 4.74 Å². The molecular weight excluding hydrogens is 326 g/mol. The van der Waals surface area contributed by atoms with Crippen molar-refractivity contribution in [3.63, 3.8) is 0 Å². The molecule has 26 heavy (non-hydrogen) atoms. The first-order valence-electron chi connectivity index (χ1n) is 9.28. The maximum Gasteiger partial charge on any atom is 0.310 e. The van der Waals surface area contributed by atoms with E-state index in [9.17, 15) is 10.0 Å². The quantitative estimate of drug-likeness (QED) is 0.183. The van der Waals surface area contributed by atoms with Crippen LogP contribution in [0.2, 0.25) is 0 Å². The second-order valence-corrected chi connectivity index (χ2v) is 9.90. The van der Waals surface area contributed by atoms with Gasteiger partial charge >= 0.3 is 5.97 Å². The molecule has 1 aromatic carbocycles. The Bertz CT molecular complexity index is 661. The third-order valence-corrected chi connectivity index (χ3v) is 4.16. The predicted octanol–water partition coefficient (Wildman–Crippen LogP) is 5.32. The van der Waals surface area contributed by atoms with Crippen LogP contribution in [0.1, 0.15) is 92.3 Å². The van der Waals surface area contributed by atoms with Crippen molar-refractivity contribution in [2.75, 3.05) is 0 Å². The van der Waals surface area contributed by atoms with Gasteiger partial charge in [0.2, 0.25) is 0 Å². The van der Waals surface area contributed by atoms with E-state index in [0.29, 0.717) is 12.2 Å². The van der Waals surface area contributed by atoms with Crippen molar-refractivity contribution in [3.8, 4) is 5.75 Å². The number of nitrogens with zero attached hydrogens (tertiary/aromatic N) is 1. The number of esters is 1. The smallest absolute Gasteiger partial charge is 0.310 e. The lowest BCUT2D eigenvalue weighted by Gasteiger charge is -2.29. The Labute approximate surface area is 158 Å². The molecular formula is C22H35NO3. The highest BCUT2D eigenvalue weighted by atomic mass is 16.5. The van der Waals surface area contributed by atoms with Crippen LogP contribution in [0.25, 0.3) is 0 Å². The second kappa shape index (κ2) is 7.42. The summed E-state index contributed by atoms with van der Waals surface area (Å²) in [4.78, 5) is 12.0. The van der Waals surface area contributed by atoms with E-state index in [1.54, 1.807) is 13.1 Å². The van der Waals surface area contributed by atoms with E-state index >= 15 is 0 Å². The summed E-state index contributed by atoms with van der Waals surface area (Å²) >= 11 is 0. The maximum atomic E-state index is 12.4. The van der Waals surface area contributed by atoms with E-state index < -0.39 is 5.54 Å². The van der Waals surface area contributed by atoms with E-state index in [1.807, 2.05) is 32.9 Å². The van der Waals surface area contributed by atoms with Gasteiger partial charge in [-0.25, -0.2) is 4.74 Å². The third kappa shape index (κ3) is 5.58. The molecule has 0 aromatic heterocycles. The Morgan fingerprint density at radius 1 is 1.00 bits per heavy atom. The summed E-state index contributed by atoms with van der Waals surface area (Å²) in [5.74, 6) is 0.375. The van der Waals surface area contributed by atoms with Gasteiger partial charge in [0.15, 0.2) is 11.8 Å². The normalized spacial score (nSPS) is 13.7. The van der Waals surface area contributed by atoms with Gasteiger partial charge in [0, 0.05) is 43.9 Å². The number of carbonyl (C=O) groups is 1. The van der Waals surface area contributed by atoms with Gasteiger partial charge in [-0.1, -0.05) is 48.5 Å². The Morgan fingerprint density at radius 2 is 1.42 bits per heavy atom. The largest absolute Gasteiger partial charge is 0.623 e.